The molecular weight excluding hydrogens is 346 g/mol. The molecule has 0 aliphatic carbocycles. The first-order valence-corrected chi connectivity index (χ1v) is 9.91. The van der Waals surface area contributed by atoms with Crippen LogP contribution >= 0.6 is 0 Å². The quantitative estimate of drug-likeness (QED) is 0.408. The highest BCUT2D eigenvalue weighted by Gasteiger charge is 2.20. The van der Waals surface area contributed by atoms with Crippen LogP contribution in [0.1, 0.15) is 62.1 Å². The molecule has 0 saturated heterocycles. The van der Waals surface area contributed by atoms with E-state index < -0.39 is 0 Å². The molecule has 0 fully saturated rings. The zero-order chi connectivity index (χ0) is 20.0. The van der Waals surface area contributed by atoms with Gasteiger partial charge in [0.05, 0.1) is 5.69 Å². The number of hydrogen-bond donors (Lipinski definition) is 0. The van der Waals surface area contributed by atoms with Gasteiger partial charge in [0.1, 0.15) is 11.3 Å². The molecule has 0 spiro atoms. The van der Waals surface area contributed by atoms with Gasteiger partial charge in [-0.25, -0.2) is 9.97 Å². The van der Waals surface area contributed by atoms with Crippen molar-refractivity contribution in [3.8, 4) is 17.1 Å². The Morgan fingerprint density at radius 3 is 2.25 bits per heavy atom. The van der Waals surface area contributed by atoms with E-state index in [1.807, 2.05) is 19.2 Å². The second kappa shape index (κ2) is 6.93. The Balaban J connectivity index is 1.96. The highest BCUT2D eigenvalue weighted by molar-refractivity contribution is 5.79. The normalized spacial score (nSPS) is 11.9. The first kappa shape index (κ1) is 18.5. The molecular formula is C24H27N3O. The van der Waals surface area contributed by atoms with Crippen LogP contribution in [0.25, 0.3) is 28.2 Å². The topological polar surface area (TPSA) is 43.9 Å². The molecule has 28 heavy (non-hydrogen) atoms. The van der Waals surface area contributed by atoms with Crippen LogP contribution in [0.3, 0.4) is 0 Å². The first-order valence-electron chi connectivity index (χ1n) is 9.91. The monoisotopic (exact) mass is 373 g/mol. The number of oxazole rings is 1. The van der Waals surface area contributed by atoms with Crippen LogP contribution in [-0.2, 0) is 0 Å². The predicted octanol–water partition coefficient (Wildman–Crippen LogP) is 6.54. The highest BCUT2D eigenvalue weighted by Crippen LogP contribution is 2.35. The van der Waals surface area contributed by atoms with Gasteiger partial charge in [-0.15, -0.1) is 0 Å². The summed E-state index contributed by atoms with van der Waals surface area (Å²) < 4.78 is 7.87. The predicted molar refractivity (Wildman–Crippen MR) is 114 cm³/mol. The summed E-state index contributed by atoms with van der Waals surface area (Å²) in [5, 5.41) is 0. The number of aromatic nitrogens is 3. The fraction of sp³-hybridized carbons (Fsp3) is 0.333. The molecule has 0 aliphatic heterocycles. The zero-order valence-corrected chi connectivity index (χ0v) is 17.4. The third-order valence-electron chi connectivity index (χ3n) is 5.19. The van der Waals surface area contributed by atoms with Gasteiger partial charge in [-0.1, -0.05) is 45.4 Å². The molecule has 0 unspecified atom stereocenters. The van der Waals surface area contributed by atoms with Crippen LogP contribution < -0.4 is 0 Å². The van der Waals surface area contributed by atoms with Crippen molar-refractivity contribution in [2.75, 3.05) is 0 Å². The van der Waals surface area contributed by atoms with Crippen LogP contribution in [-0.4, -0.2) is 14.5 Å². The van der Waals surface area contributed by atoms with E-state index in [4.69, 9.17) is 9.40 Å². The zero-order valence-electron chi connectivity index (χ0n) is 17.4. The maximum atomic E-state index is 5.63. The van der Waals surface area contributed by atoms with Gasteiger partial charge in [0, 0.05) is 24.9 Å². The molecule has 4 rings (SSSR count). The minimum Gasteiger partial charge on any atom is -0.441 e. The minimum absolute atomic E-state index is 0.420. The minimum atomic E-state index is 0.420. The van der Waals surface area contributed by atoms with Crippen LogP contribution in [0.4, 0.5) is 0 Å². The molecule has 0 N–H and O–H groups in total. The number of nitrogens with zero attached hydrogens (tertiary/aromatic N) is 3. The summed E-state index contributed by atoms with van der Waals surface area (Å²) in [6.07, 6.45) is 3.94. The average molecular weight is 374 g/mol. The summed E-state index contributed by atoms with van der Waals surface area (Å²) >= 11 is 0. The lowest BCUT2D eigenvalue weighted by molar-refractivity contribution is 0.561. The van der Waals surface area contributed by atoms with Crippen LogP contribution in [0.2, 0.25) is 0 Å². The van der Waals surface area contributed by atoms with E-state index in [2.05, 4.69) is 74.6 Å². The summed E-state index contributed by atoms with van der Waals surface area (Å²) in [5.41, 5.74) is 7.96. The molecule has 2 aromatic carbocycles. The molecule has 0 saturated carbocycles. The second-order valence-corrected chi connectivity index (χ2v) is 8.14. The molecule has 0 atom stereocenters. The Morgan fingerprint density at radius 2 is 1.61 bits per heavy atom. The van der Waals surface area contributed by atoms with Crippen molar-refractivity contribution in [1.29, 1.82) is 0 Å². The number of rotatable bonds is 4. The molecule has 144 valence electrons. The lowest BCUT2D eigenvalue weighted by Crippen LogP contribution is -2.08. The van der Waals surface area contributed by atoms with Gasteiger partial charge in [0.2, 0.25) is 0 Å². The smallest absolute Gasteiger partial charge is 0.192 e. The third-order valence-corrected chi connectivity index (χ3v) is 5.19. The Bertz CT molecular complexity index is 1120. The number of benzene rings is 2. The first-order chi connectivity index (χ1) is 13.3. The number of imidazole rings is 1. The number of hydrogen-bond acceptors (Lipinski definition) is 3. The molecule has 0 radical (unpaired) electrons. The lowest BCUT2D eigenvalue weighted by atomic mass is 9.90. The molecule has 4 nitrogen and oxygen atoms in total. The Kier molecular flexibility index (Phi) is 4.58. The molecule has 4 heteroatoms. The Morgan fingerprint density at radius 1 is 0.929 bits per heavy atom. The van der Waals surface area contributed by atoms with E-state index >= 15 is 0 Å². The fourth-order valence-electron chi connectivity index (χ4n) is 3.87. The van der Waals surface area contributed by atoms with Crippen molar-refractivity contribution in [3.63, 3.8) is 0 Å². The lowest BCUT2D eigenvalue weighted by Gasteiger charge is -2.23. The van der Waals surface area contributed by atoms with Crippen LogP contribution in [0.15, 0.2) is 47.1 Å². The van der Waals surface area contributed by atoms with Gasteiger partial charge >= 0.3 is 0 Å². The Labute approximate surface area is 166 Å². The van der Waals surface area contributed by atoms with E-state index in [0.29, 0.717) is 17.7 Å². The van der Waals surface area contributed by atoms with E-state index in [0.717, 1.165) is 22.5 Å². The van der Waals surface area contributed by atoms with Crippen LogP contribution in [0, 0.1) is 13.8 Å². The molecule has 2 aromatic heterocycles. The van der Waals surface area contributed by atoms with Crippen LogP contribution in [0.5, 0.6) is 0 Å². The van der Waals surface area contributed by atoms with Crippen molar-refractivity contribution in [2.45, 2.75) is 53.4 Å². The largest absolute Gasteiger partial charge is 0.441 e. The molecule has 0 bridgehead atoms. The number of fused-ring (bicyclic) bond motifs is 1. The van der Waals surface area contributed by atoms with Gasteiger partial charge in [-0.3, -0.25) is 4.57 Å². The Hall–Kier alpha value is -2.88. The van der Waals surface area contributed by atoms with Crippen molar-refractivity contribution in [2.24, 2.45) is 0 Å². The summed E-state index contributed by atoms with van der Waals surface area (Å²) in [6.45, 7) is 13.1. The third kappa shape index (κ3) is 3.13. The molecule has 2 heterocycles. The maximum Gasteiger partial charge on any atom is 0.192 e. The van der Waals surface area contributed by atoms with Crippen molar-refractivity contribution >= 4 is 11.1 Å². The van der Waals surface area contributed by atoms with Gasteiger partial charge in [-0.2, -0.15) is 0 Å². The van der Waals surface area contributed by atoms with E-state index in [-0.39, 0.29) is 0 Å². The highest BCUT2D eigenvalue weighted by atomic mass is 16.3. The van der Waals surface area contributed by atoms with E-state index in [1.165, 1.54) is 22.4 Å². The standard InChI is InChI=1S/C24H27N3O/c1-14(2)19-11-16(5)12-20(15(3)4)23(19)27-10-9-25-24(27)18-7-8-22-21(13-18)26-17(6)28-22/h7-15H,1-6H3. The van der Waals surface area contributed by atoms with Crippen molar-refractivity contribution < 1.29 is 4.42 Å². The summed E-state index contributed by atoms with van der Waals surface area (Å²) in [6, 6.07) is 10.7. The fourth-order valence-corrected chi connectivity index (χ4v) is 3.87. The van der Waals surface area contributed by atoms with E-state index in [9.17, 15) is 0 Å². The molecule has 0 aliphatic rings. The van der Waals surface area contributed by atoms with Gasteiger partial charge in [0.15, 0.2) is 11.5 Å². The number of aryl methyl sites for hydroxylation is 2. The summed E-state index contributed by atoms with van der Waals surface area (Å²) in [5.74, 6) is 2.44. The second-order valence-electron chi connectivity index (χ2n) is 8.14. The summed E-state index contributed by atoms with van der Waals surface area (Å²) in [7, 11) is 0. The van der Waals surface area contributed by atoms with Crippen molar-refractivity contribution in [1.82, 2.24) is 14.5 Å². The van der Waals surface area contributed by atoms with Gasteiger partial charge < -0.3 is 4.42 Å². The maximum absolute atomic E-state index is 5.63. The molecule has 0 amide bonds. The summed E-state index contributed by atoms with van der Waals surface area (Å²) in [4.78, 5) is 9.19. The molecule has 4 aromatic rings. The van der Waals surface area contributed by atoms with Gasteiger partial charge in [0.25, 0.3) is 0 Å². The average Bonchev–Trinajstić information content (AvgIpc) is 3.25. The SMILES string of the molecule is Cc1cc(C(C)C)c(-n2ccnc2-c2ccc3oc(C)nc3c2)c(C(C)C)c1. The van der Waals surface area contributed by atoms with E-state index in [1.54, 1.807) is 0 Å². The van der Waals surface area contributed by atoms with Crippen molar-refractivity contribution in [3.05, 3.63) is 65.3 Å². The van der Waals surface area contributed by atoms with Gasteiger partial charge in [-0.05, 0) is 48.1 Å².